The molecule has 4 nitrogen and oxygen atoms in total. The Kier molecular flexibility index (Phi) is 6.10. The van der Waals surface area contributed by atoms with Gasteiger partial charge in [0.2, 0.25) is 5.39 Å². The Morgan fingerprint density at radius 3 is 2.72 bits per heavy atom. The Bertz CT molecular complexity index is 430. The van der Waals surface area contributed by atoms with Gasteiger partial charge in [0.25, 0.3) is 0 Å². The lowest BCUT2D eigenvalue weighted by Crippen LogP contribution is -3.00. The maximum atomic E-state index is 8.78. The number of benzene rings is 1. The van der Waals surface area contributed by atoms with Crippen LogP contribution in [-0.2, 0) is 0 Å². The van der Waals surface area contributed by atoms with Gasteiger partial charge in [0.1, 0.15) is 0 Å². The van der Waals surface area contributed by atoms with E-state index >= 15 is 0 Å². The highest BCUT2D eigenvalue weighted by Crippen LogP contribution is 2.33. The molecule has 1 aliphatic heterocycles. The third kappa shape index (κ3) is 3.44. The van der Waals surface area contributed by atoms with Gasteiger partial charge in [-0.25, -0.2) is 0 Å². The van der Waals surface area contributed by atoms with E-state index in [1.54, 1.807) is 12.1 Å². The van der Waals surface area contributed by atoms with Crippen LogP contribution in [-0.4, -0.2) is 31.2 Å². The first-order valence-electron chi connectivity index (χ1n) is 5.79. The molecule has 2 rings (SSSR count). The average Bonchev–Trinajstić information content (AvgIpc) is 2.40. The molecule has 1 aliphatic rings. The lowest BCUT2D eigenvalue weighted by atomic mass is 10.2. The van der Waals surface area contributed by atoms with Crippen LogP contribution in [0.5, 0.6) is 5.75 Å². The van der Waals surface area contributed by atoms with Crippen LogP contribution in [0, 0.1) is 5.39 Å². The van der Waals surface area contributed by atoms with Crippen molar-refractivity contribution in [2.45, 2.75) is 6.92 Å². The number of anilines is 1. The van der Waals surface area contributed by atoms with Crippen molar-refractivity contribution in [3.8, 4) is 5.75 Å². The van der Waals surface area contributed by atoms with Crippen LogP contribution < -0.4 is 22.0 Å². The van der Waals surface area contributed by atoms with Gasteiger partial charge in [0.15, 0.2) is 10.7 Å². The molecule has 1 aromatic rings. The molecule has 1 heterocycles. The summed E-state index contributed by atoms with van der Waals surface area (Å²) in [5.41, 5.74) is 1.63. The van der Waals surface area contributed by atoms with Gasteiger partial charge in [-0.15, -0.1) is 0 Å². The fourth-order valence-corrected chi connectivity index (χ4v) is 2.80. The topological polar surface area (TPSA) is 40.6 Å². The number of hydrogen-bond acceptors (Lipinski definition) is 4. The molecule has 0 atom stereocenters. The van der Waals surface area contributed by atoms with Gasteiger partial charge < -0.3 is 22.0 Å². The molecule has 0 spiro atoms. The van der Waals surface area contributed by atoms with Gasteiger partial charge in [0, 0.05) is 30.7 Å². The van der Waals surface area contributed by atoms with Crippen LogP contribution in [0.4, 0.5) is 11.4 Å². The number of diazo groups is 1. The molecule has 0 aromatic heterocycles. The van der Waals surface area contributed by atoms with Crippen molar-refractivity contribution in [2.24, 2.45) is 0 Å². The molecule has 1 fully saturated rings. The van der Waals surface area contributed by atoms with E-state index in [9.17, 15) is 0 Å². The maximum Gasteiger partial charge on any atom is 0.388 e. The van der Waals surface area contributed by atoms with E-state index in [0.717, 1.165) is 36.0 Å². The fraction of sp³-hybridized carbons (Fsp3) is 0.500. The highest BCUT2D eigenvalue weighted by Gasteiger charge is 2.18. The molecule has 0 bridgehead atoms. The summed E-state index contributed by atoms with van der Waals surface area (Å²) in [5, 5.41) is 8.78. The van der Waals surface area contributed by atoms with E-state index in [2.05, 4.69) is 9.88 Å². The van der Waals surface area contributed by atoms with Crippen LogP contribution in [0.3, 0.4) is 0 Å². The van der Waals surface area contributed by atoms with Crippen molar-refractivity contribution in [1.82, 2.24) is 0 Å². The lowest BCUT2D eigenvalue weighted by molar-refractivity contribution is -0.00000416. The summed E-state index contributed by atoms with van der Waals surface area (Å²) in [6.45, 7) is 4.66. The molecule has 0 saturated carbocycles. The molecule has 0 N–H and O–H groups in total. The standard InChI is InChI=1S/C12H16N3OS.ClH/c1-2-16-12-9-10(14-13)3-4-11(12)15-5-7-17-8-6-15;/h3-4,9H,2,5-8H2,1H3;1H/q+1;/p-1. The zero-order valence-corrected chi connectivity index (χ0v) is 11.9. The summed E-state index contributed by atoms with van der Waals surface area (Å²) in [7, 11) is 0. The van der Waals surface area contributed by atoms with E-state index in [1.807, 2.05) is 24.8 Å². The predicted molar refractivity (Wildman–Crippen MR) is 71.9 cm³/mol. The Labute approximate surface area is 118 Å². The largest absolute Gasteiger partial charge is 1.00 e. The summed E-state index contributed by atoms with van der Waals surface area (Å²) in [6.07, 6.45) is 0. The molecule has 98 valence electrons. The SMILES string of the molecule is CCOc1cc([N+]#N)ccc1N1CCSCC1.[Cl-]. The van der Waals surface area contributed by atoms with Crippen molar-refractivity contribution < 1.29 is 17.1 Å². The number of thioether (sulfide) groups is 1. The molecule has 1 saturated heterocycles. The summed E-state index contributed by atoms with van der Waals surface area (Å²) in [5.74, 6) is 3.10. The van der Waals surface area contributed by atoms with E-state index in [-0.39, 0.29) is 12.4 Å². The van der Waals surface area contributed by atoms with Crippen molar-refractivity contribution in [3.05, 3.63) is 23.2 Å². The summed E-state index contributed by atoms with van der Waals surface area (Å²) >= 11 is 1.98. The Balaban J connectivity index is 0.00000162. The summed E-state index contributed by atoms with van der Waals surface area (Å²) in [4.78, 5) is 5.52. The molecule has 6 heteroatoms. The minimum absolute atomic E-state index is 0. The zero-order chi connectivity index (χ0) is 12.1. The van der Waals surface area contributed by atoms with E-state index < -0.39 is 0 Å². The second-order valence-corrected chi connectivity index (χ2v) is 5.01. The zero-order valence-electron chi connectivity index (χ0n) is 10.3. The molecule has 0 amide bonds. The second-order valence-electron chi connectivity index (χ2n) is 3.78. The normalized spacial score (nSPS) is 14.6. The number of rotatable bonds is 3. The van der Waals surface area contributed by atoms with Gasteiger partial charge in [-0.1, -0.05) is 0 Å². The highest BCUT2D eigenvalue weighted by molar-refractivity contribution is 7.99. The minimum Gasteiger partial charge on any atom is -1.00 e. The third-order valence-corrected chi connectivity index (χ3v) is 3.65. The highest BCUT2D eigenvalue weighted by atomic mass is 35.5. The van der Waals surface area contributed by atoms with Gasteiger partial charge in [-0.05, 0) is 13.0 Å². The van der Waals surface area contributed by atoms with Gasteiger partial charge in [0.05, 0.1) is 18.4 Å². The Morgan fingerprint density at radius 2 is 2.11 bits per heavy atom. The average molecular weight is 286 g/mol. The second kappa shape index (κ2) is 7.34. The molecule has 1 aromatic carbocycles. The van der Waals surface area contributed by atoms with E-state index in [4.69, 9.17) is 10.1 Å². The minimum atomic E-state index is 0. The Morgan fingerprint density at radius 1 is 1.39 bits per heavy atom. The van der Waals surface area contributed by atoms with Gasteiger partial charge in [-0.2, -0.15) is 11.8 Å². The van der Waals surface area contributed by atoms with Crippen LogP contribution in [0.1, 0.15) is 6.92 Å². The van der Waals surface area contributed by atoms with Crippen LogP contribution in [0.15, 0.2) is 18.2 Å². The summed E-state index contributed by atoms with van der Waals surface area (Å²) in [6, 6.07) is 5.55. The van der Waals surface area contributed by atoms with Crippen molar-refractivity contribution in [3.63, 3.8) is 0 Å². The van der Waals surface area contributed by atoms with Crippen molar-refractivity contribution in [2.75, 3.05) is 36.1 Å². The maximum absolute atomic E-state index is 8.78. The van der Waals surface area contributed by atoms with Crippen LogP contribution >= 0.6 is 11.8 Å². The number of hydrogen-bond donors (Lipinski definition) is 0. The lowest BCUT2D eigenvalue weighted by Gasteiger charge is -2.29. The quantitative estimate of drug-likeness (QED) is 0.740. The third-order valence-electron chi connectivity index (χ3n) is 2.71. The molecular weight excluding hydrogens is 270 g/mol. The number of ether oxygens (including phenoxy) is 1. The molecular formula is C12H16ClN3OS. The monoisotopic (exact) mass is 285 g/mol. The Hall–Kier alpha value is -1.12. The van der Waals surface area contributed by atoms with E-state index in [1.165, 1.54) is 0 Å². The number of halogens is 1. The molecule has 0 unspecified atom stereocenters. The number of nitrogens with zero attached hydrogens (tertiary/aromatic N) is 3. The van der Waals surface area contributed by atoms with Crippen molar-refractivity contribution >= 4 is 23.1 Å². The molecule has 0 radical (unpaired) electrons. The summed E-state index contributed by atoms with van der Waals surface area (Å²) < 4.78 is 5.61. The fourth-order valence-electron chi connectivity index (χ4n) is 1.90. The smallest absolute Gasteiger partial charge is 0.388 e. The van der Waals surface area contributed by atoms with Gasteiger partial charge >= 0.3 is 5.69 Å². The van der Waals surface area contributed by atoms with E-state index in [0.29, 0.717) is 12.3 Å². The first kappa shape index (κ1) is 14.9. The first-order valence-corrected chi connectivity index (χ1v) is 6.95. The molecule has 0 aliphatic carbocycles. The predicted octanol–water partition coefficient (Wildman–Crippen LogP) is 0.127. The van der Waals surface area contributed by atoms with Crippen LogP contribution in [0.25, 0.3) is 4.98 Å². The van der Waals surface area contributed by atoms with Crippen molar-refractivity contribution in [1.29, 1.82) is 5.39 Å². The van der Waals surface area contributed by atoms with Gasteiger partial charge in [-0.3, -0.25) is 0 Å². The van der Waals surface area contributed by atoms with Crippen LogP contribution in [0.2, 0.25) is 0 Å². The molecule has 18 heavy (non-hydrogen) atoms. The first-order chi connectivity index (χ1) is 8.35.